The fraction of sp³-hybridized carbons (Fsp3) is 0.619. The summed E-state index contributed by atoms with van der Waals surface area (Å²) in [5.74, 6) is 2.64. The zero-order chi connectivity index (χ0) is 19.3. The summed E-state index contributed by atoms with van der Waals surface area (Å²) >= 11 is 1.52. The van der Waals surface area contributed by atoms with Gasteiger partial charge in [-0.25, -0.2) is 4.98 Å². The van der Waals surface area contributed by atoms with Crippen LogP contribution in [0.2, 0.25) is 0 Å². The minimum absolute atomic E-state index is 0.241. The lowest BCUT2D eigenvalue weighted by Gasteiger charge is -2.36. The maximum Gasteiger partial charge on any atom is 0.227 e. The number of anilines is 1. The molecule has 150 valence electrons. The van der Waals surface area contributed by atoms with Crippen molar-refractivity contribution in [1.82, 2.24) is 19.2 Å². The molecule has 2 aliphatic rings. The smallest absolute Gasteiger partial charge is 0.227 e. The summed E-state index contributed by atoms with van der Waals surface area (Å²) in [4.78, 5) is 25.7. The lowest BCUT2D eigenvalue weighted by Crippen LogP contribution is -2.41. The SMILES string of the molecule is Cc1nsc(N2CCCC(C3CCN(C(=O)Cc4cccnc4)CC3)CC2)n1. The number of hydrogen-bond acceptors (Lipinski definition) is 6. The predicted molar refractivity (Wildman–Crippen MR) is 111 cm³/mol. The molecule has 2 aromatic heterocycles. The van der Waals surface area contributed by atoms with Crippen LogP contribution >= 0.6 is 11.5 Å². The number of pyridine rings is 1. The van der Waals surface area contributed by atoms with Gasteiger partial charge in [0.15, 0.2) is 0 Å². The monoisotopic (exact) mass is 399 g/mol. The molecule has 4 heterocycles. The number of piperidine rings is 1. The van der Waals surface area contributed by atoms with E-state index in [-0.39, 0.29) is 5.91 Å². The molecule has 28 heavy (non-hydrogen) atoms. The number of carbonyl (C=O) groups is 1. The van der Waals surface area contributed by atoms with Gasteiger partial charge in [0.25, 0.3) is 0 Å². The highest BCUT2D eigenvalue weighted by Crippen LogP contribution is 2.34. The zero-order valence-corrected chi connectivity index (χ0v) is 17.4. The van der Waals surface area contributed by atoms with E-state index in [1.165, 1.54) is 30.8 Å². The van der Waals surface area contributed by atoms with Crippen LogP contribution in [0.25, 0.3) is 0 Å². The van der Waals surface area contributed by atoms with Crippen molar-refractivity contribution in [3.8, 4) is 0 Å². The molecule has 6 nitrogen and oxygen atoms in total. The van der Waals surface area contributed by atoms with Gasteiger partial charge in [-0.3, -0.25) is 9.78 Å². The van der Waals surface area contributed by atoms with E-state index in [1.807, 2.05) is 19.1 Å². The molecule has 2 aliphatic heterocycles. The Labute approximate surface area is 171 Å². The molecule has 1 unspecified atom stereocenters. The summed E-state index contributed by atoms with van der Waals surface area (Å²) < 4.78 is 4.33. The van der Waals surface area contributed by atoms with Gasteiger partial charge < -0.3 is 9.80 Å². The first-order chi connectivity index (χ1) is 13.7. The fourth-order valence-electron chi connectivity index (χ4n) is 4.61. The van der Waals surface area contributed by atoms with E-state index in [1.54, 1.807) is 12.4 Å². The molecule has 0 bridgehead atoms. The summed E-state index contributed by atoms with van der Waals surface area (Å²) in [6.45, 7) is 5.94. The van der Waals surface area contributed by atoms with Crippen molar-refractivity contribution in [2.45, 2.75) is 45.4 Å². The van der Waals surface area contributed by atoms with E-state index in [0.717, 1.165) is 67.4 Å². The molecule has 0 aromatic carbocycles. The van der Waals surface area contributed by atoms with Gasteiger partial charge in [0.1, 0.15) is 5.82 Å². The Balaban J connectivity index is 1.26. The van der Waals surface area contributed by atoms with Crippen molar-refractivity contribution in [1.29, 1.82) is 0 Å². The van der Waals surface area contributed by atoms with Crippen LogP contribution in [-0.2, 0) is 11.2 Å². The van der Waals surface area contributed by atoms with Crippen LogP contribution < -0.4 is 4.90 Å². The van der Waals surface area contributed by atoms with Crippen LogP contribution in [0.3, 0.4) is 0 Å². The molecule has 2 aromatic rings. The van der Waals surface area contributed by atoms with Crippen molar-refractivity contribution in [3.05, 3.63) is 35.9 Å². The number of aromatic nitrogens is 3. The zero-order valence-electron chi connectivity index (χ0n) is 16.6. The third-order valence-electron chi connectivity index (χ3n) is 6.20. The molecule has 0 saturated carbocycles. The third-order valence-corrected chi connectivity index (χ3v) is 7.07. The number of hydrogen-bond donors (Lipinski definition) is 0. The third kappa shape index (κ3) is 4.69. The van der Waals surface area contributed by atoms with Crippen LogP contribution in [0.4, 0.5) is 5.13 Å². The molecule has 2 saturated heterocycles. The molecule has 1 amide bonds. The average Bonchev–Trinajstić information content (AvgIpc) is 3.01. The largest absolute Gasteiger partial charge is 0.347 e. The van der Waals surface area contributed by atoms with Crippen LogP contribution in [0.15, 0.2) is 24.5 Å². The second-order valence-corrected chi connectivity index (χ2v) is 8.79. The van der Waals surface area contributed by atoms with E-state index < -0.39 is 0 Å². The number of likely N-dealkylation sites (tertiary alicyclic amines) is 1. The minimum Gasteiger partial charge on any atom is -0.347 e. The Morgan fingerprint density at radius 3 is 2.64 bits per heavy atom. The number of nitrogens with zero attached hydrogens (tertiary/aromatic N) is 5. The first-order valence-corrected chi connectivity index (χ1v) is 11.2. The molecule has 0 spiro atoms. The van der Waals surface area contributed by atoms with Gasteiger partial charge in [0.05, 0.1) is 6.42 Å². The van der Waals surface area contributed by atoms with Crippen LogP contribution in [0, 0.1) is 18.8 Å². The average molecular weight is 400 g/mol. The second kappa shape index (κ2) is 8.99. The Hall–Kier alpha value is -2.02. The van der Waals surface area contributed by atoms with Gasteiger partial charge in [-0.05, 0) is 62.5 Å². The lowest BCUT2D eigenvalue weighted by molar-refractivity contribution is -0.132. The first kappa shape index (κ1) is 19.3. The summed E-state index contributed by atoms with van der Waals surface area (Å²) in [6.07, 6.45) is 10.0. The Morgan fingerprint density at radius 1 is 1.14 bits per heavy atom. The van der Waals surface area contributed by atoms with Gasteiger partial charge in [-0.15, -0.1) is 0 Å². The molecule has 0 N–H and O–H groups in total. The fourth-order valence-corrected chi connectivity index (χ4v) is 5.33. The van der Waals surface area contributed by atoms with E-state index in [4.69, 9.17) is 0 Å². The quantitative estimate of drug-likeness (QED) is 0.789. The molecule has 4 rings (SSSR count). The van der Waals surface area contributed by atoms with E-state index in [0.29, 0.717) is 6.42 Å². The number of rotatable bonds is 4. The van der Waals surface area contributed by atoms with Crippen molar-refractivity contribution >= 4 is 22.6 Å². The number of amides is 1. The van der Waals surface area contributed by atoms with Crippen LogP contribution in [-0.4, -0.2) is 51.3 Å². The molecule has 0 aliphatic carbocycles. The van der Waals surface area contributed by atoms with Crippen molar-refractivity contribution in [2.75, 3.05) is 31.1 Å². The van der Waals surface area contributed by atoms with Gasteiger partial charge in [0, 0.05) is 50.1 Å². The van der Waals surface area contributed by atoms with Gasteiger partial charge in [-0.2, -0.15) is 4.37 Å². The molecule has 2 fully saturated rings. The highest BCUT2D eigenvalue weighted by atomic mass is 32.1. The summed E-state index contributed by atoms with van der Waals surface area (Å²) in [7, 11) is 0. The first-order valence-electron chi connectivity index (χ1n) is 10.4. The minimum atomic E-state index is 0.241. The Morgan fingerprint density at radius 2 is 1.93 bits per heavy atom. The van der Waals surface area contributed by atoms with E-state index in [2.05, 4.69) is 24.1 Å². The highest BCUT2D eigenvalue weighted by molar-refractivity contribution is 7.09. The van der Waals surface area contributed by atoms with Crippen molar-refractivity contribution in [2.24, 2.45) is 11.8 Å². The standard InChI is InChI=1S/C21H29N5OS/c1-16-23-21(28-24-16)26-10-3-5-18(8-13-26)19-6-11-25(12-7-19)20(27)14-17-4-2-9-22-15-17/h2,4,9,15,18-19H,3,5-8,10-14H2,1H3. The van der Waals surface area contributed by atoms with Gasteiger partial charge >= 0.3 is 0 Å². The van der Waals surface area contributed by atoms with Crippen LogP contribution in [0.5, 0.6) is 0 Å². The molecule has 7 heteroatoms. The van der Waals surface area contributed by atoms with Crippen LogP contribution in [0.1, 0.15) is 43.5 Å². The predicted octanol–water partition coefficient (Wildman–Crippen LogP) is 3.33. The number of carbonyl (C=O) groups excluding carboxylic acids is 1. The van der Waals surface area contributed by atoms with Gasteiger partial charge in [-0.1, -0.05) is 6.07 Å². The maximum absolute atomic E-state index is 12.6. The van der Waals surface area contributed by atoms with Crippen molar-refractivity contribution in [3.63, 3.8) is 0 Å². The summed E-state index contributed by atoms with van der Waals surface area (Å²) in [6, 6.07) is 3.88. The molecule has 1 atom stereocenters. The topological polar surface area (TPSA) is 62.2 Å². The number of aryl methyl sites for hydroxylation is 1. The second-order valence-electron chi connectivity index (χ2n) is 8.06. The summed E-state index contributed by atoms with van der Waals surface area (Å²) in [5, 5.41) is 1.08. The normalized spacial score (nSPS) is 21.5. The highest BCUT2D eigenvalue weighted by Gasteiger charge is 2.30. The van der Waals surface area contributed by atoms with Crippen molar-refractivity contribution < 1.29 is 4.79 Å². The van der Waals surface area contributed by atoms with Gasteiger partial charge in [0.2, 0.25) is 11.0 Å². The Kier molecular flexibility index (Phi) is 6.20. The molecular weight excluding hydrogens is 370 g/mol. The Bertz CT molecular complexity index is 772. The van der Waals surface area contributed by atoms with E-state index in [9.17, 15) is 4.79 Å². The maximum atomic E-state index is 12.6. The summed E-state index contributed by atoms with van der Waals surface area (Å²) in [5.41, 5.74) is 1.00. The van der Waals surface area contributed by atoms with E-state index >= 15 is 0 Å². The lowest BCUT2D eigenvalue weighted by atomic mass is 9.80. The molecule has 0 radical (unpaired) electrons. The molecular formula is C21H29N5OS.